The van der Waals surface area contributed by atoms with Crippen LogP contribution in [-0.2, 0) is 9.59 Å². The average Bonchev–Trinajstić information content (AvgIpc) is 2.80. The van der Waals surface area contributed by atoms with Crippen LogP contribution in [0.1, 0.15) is 33.1 Å². The average molecular weight is 347 g/mol. The Morgan fingerprint density at radius 2 is 1.84 bits per heavy atom. The molecular weight excluding hydrogens is 325 g/mol. The number of hydrogen-bond donors (Lipinski definition) is 0. The summed E-state index contributed by atoms with van der Waals surface area (Å²) in [6, 6.07) is 4.25. The van der Waals surface area contributed by atoms with Gasteiger partial charge in [0.1, 0.15) is 18.4 Å². The first kappa shape index (κ1) is 17.4. The lowest BCUT2D eigenvalue weighted by molar-refractivity contribution is -0.139. The second kappa shape index (κ2) is 6.82. The van der Waals surface area contributed by atoms with E-state index in [9.17, 15) is 18.8 Å². The largest absolute Gasteiger partial charge is 0.338 e. The van der Waals surface area contributed by atoms with Crippen LogP contribution in [0.4, 0.5) is 14.9 Å². The Morgan fingerprint density at radius 3 is 2.48 bits per heavy atom. The van der Waals surface area contributed by atoms with E-state index in [0.29, 0.717) is 12.2 Å². The summed E-state index contributed by atoms with van der Waals surface area (Å²) >= 11 is 0. The highest BCUT2D eigenvalue weighted by molar-refractivity contribution is 6.15. The van der Waals surface area contributed by atoms with E-state index in [1.165, 1.54) is 29.2 Å². The zero-order chi connectivity index (χ0) is 18.1. The second-order valence-corrected chi connectivity index (χ2v) is 6.66. The molecule has 3 rings (SSSR count). The smallest absolute Gasteiger partial charge is 0.332 e. The third-order valence-corrected chi connectivity index (χ3v) is 4.97. The molecule has 25 heavy (non-hydrogen) atoms. The highest BCUT2D eigenvalue weighted by Gasteiger charge is 2.44. The summed E-state index contributed by atoms with van der Waals surface area (Å²) in [5.74, 6) is -1.03. The van der Waals surface area contributed by atoms with Gasteiger partial charge in [-0.25, -0.2) is 9.18 Å². The van der Waals surface area contributed by atoms with E-state index < -0.39 is 23.8 Å². The Labute approximate surface area is 146 Å². The van der Waals surface area contributed by atoms with Crippen LogP contribution in [0, 0.1) is 5.82 Å². The molecule has 2 atom stereocenters. The molecule has 2 heterocycles. The molecule has 7 heteroatoms. The number of hydrogen-bond acceptors (Lipinski definition) is 3. The normalized spacial score (nSPS) is 24.2. The topological polar surface area (TPSA) is 60.9 Å². The summed E-state index contributed by atoms with van der Waals surface area (Å²) in [7, 11) is 0. The summed E-state index contributed by atoms with van der Waals surface area (Å²) in [5.41, 5.74) is 0.438. The minimum atomic E-state index is -0.718. The van der Waals surface area contributed by atoms with Crippen molar-refractivity contribution in [2.75, 3.05) is 18.0 Å². The van der Waals surface area contributed by atoms with Gasteiger partial charge in [-0.15, -0.1) is 0 Å². The number of amides is 4. The van der Waals surface area contributed by atoms with Crippen molar-refractivity contribution < 1.29 is 18.8 Å². The number of piperidine rings is 1. The lowest BCUT2D eigenvalue weighted by atomic mass is 10.0. The number of nitrogens with zero attached hydrogens (tertiary/aromatic N) is 3. The van der Waals surface area contributed by atoms with E-state index in [1.54, 1.807) is 11.8 Å². The van der Waals surface area contributed by atoms with Crippen LogP contribution in [0.3, 0.4) is 0 Å². The molecule has 0 aromatic heterocycles. The van der Waals surface area contributed by atoms with Crippen molar-refractivity contribution in [3.05, 3.63) is 30.1 Å². The number of benzene rings is 1. The summed E-state index contributed by atoms with van der Waals surface area (Å²) < 4.78 is 13.1. The van der Waals surface area contributed by atoms with Crippen LogP contribution < -0.4 is 4.90 Å². The fourth-order valence-corrected chi connectivity index (χ4v) is 3.50. The van der Waals surface area contributed by atoms with Crippen molar-refractivity contribution in [2.24, 2.45) is 0 Å². The Hall–Kier alpha value is -2.44. The predicted molar refractivity (Wildman–Crippen MR) is 90.5 cm³/mol. The first-order chi connectivity index (χ1) is 11.9. The lowest BCUT2D eigenvalue weighted by Crippen LogP contribution is -2.48. The van der Waals surface area contributed by atoms with Gasteiger partial charge in [0, 0.05) is 18.3 Å². The number of rotatable bonds is 3. The molecule has 134 valence electrons. The number of carbonyl (C=O) groups excluding carboxylic acids is 3. The Bertz CT molecular complexity index is 691. The first-order valence-electron chi connectivity index (χ1n) is 8.59. The Balaban J connectivity index is 1.76. The van der Waals surface area contributed by atoms with Crippen LogP contribution in [0.5, 0.6) is 0 Å². The van der Waals surface area contributed by atoms with E-state index in [1.807, 2.05) is 6.92 Å². The number of carbonyl (C=O) groups is 3. The highest BCUT2D eigenvalue weighted by Crippen LogP contribution is 2.26. The van der Waals surface area contributed by atoms with Crippen molar-refractivity contribution in [1.29, 1.82) is 0 Å². The Kier molecular flexibility index (Phi) is 4.74. The molecule has 0 aliphatic carbocycles. The van der Waals surface area contributed by atoms with E-state index in [0.717, 1.165) is 24.2 Å². The van der Waals surface area contributed by atoms with Crippen molar-refractivity contribution in [2.45, 2.75) is 45.2 Å². The van der Waals surface area contributed by atoms with Gasteiger partial charge < -0.3 is 4.90 Å². The molecule has 0 spiro atoms. The number of anilines is 1. The van der Waals surface area contributed by atoms with Gasteiger partial charge in [-0.2, -0.15) is 0 Å². The molecule has 0 N–H and O–H groups in total. The van der Waals surface area contributed by atoms with Crippen LogP contribution in [0.25, 0.3) is 0 Å². The summed E-state index contributed by atoms with van der Waals surface area (Å²) in [6.45, 7) is 4.01. The minimum Gasteiger partial charge on any atom is -0.338 e. The van der Waals surface area contributed by atoms with Crippen LogP contribution in [0.15, 0.2) is 24.3 Å². The summed E-state index contributed by atoms with van der Waals surface area (Å²) in [6.07, 6.45) is 2.96. The first-order valence-corrected chi connectivity index (χ1v) is 8.59. The molecule has 2 aliphatic rings. The maximum atomic E-state index is 13.1. The number of likely N-dealkylation sites (tertiary alicyclic amines) is 1. The second-order valence-electron chi connectivity index (χ2n) is 6.66. The van der Waals surface area contributed by atoms with Gasteiger partial charge in [-0.1, -0.05) is 0 Å². The van der Waals surface area contributed by atoms with E-state index in [4.69, 9.17) is 0 Å². The van der Waals surface area contributed by atoms with Gasteiger partial charge in [-0.3, -0.25) is 19.4 Å². The highest BCUT2D eigenvalue weighted by atomic mass is 19.1. The lowest BCUT2D eigenvalue weighted by Gasteiger charge is -2.34. The number of halogens is 1. The molecule has 0 bridgehead atoms. The van der Waals surface area contributed by atoms with Crippen molar-refractivity contribution >= 4 is 23.5 Å². The van der Waals surface area contributed by atoms with Gasteiger partial charge in [0.2, 0.25) is 5.91 Å². The van der Waals surface area contributed by atoms with E-state index >= 15 is 0 Å². The Morgan fingerprint density at radius 1 is 1.16 bits per heavy atom. The molecule has 2 aliphatic heterocycles. The maximum Gasteiger partial charge on any atom is 0.332 e. The maximum absolute atomic E-state index is 13.1. The SMILES string of the molecule is CC1CCCCN1C(=O)CN1C(=O)C(C)N(c2ccc(F)cc2)C1=O. The molecular formula is C18H22FN3O3. The molecule has 6 nitrogen and oxygen atoms in total. The number of urea groups is 1. The molecule has 0 radical (unpaired) electrons. The molecule has 1 aromatic carbocycles. The summed E-state index contributed by atoms with van der Waals surface area (Å²) in [4.78, 5) is 41.8. The van der Waals surface area contributed by atoms with Gasteiger partial charge >= 0.3 is 6.03 Å². The number of imide groups is 1. The standard InChI is InChI=1S/C18H22FN3O3/c1-12-5-3-4-10-20(12)16(23)11-21-17(24)13(2)22(18(21)25)15-8-6-14(19)7-9-15/h6-9,12-13H,3-5,10-11H2,1-2H3. The van der Waals surface area contributed by atoms with Crippen LogP contribution in [-0.4, -0.2) is 52.8 Å². The van der Waals surface area contributed by atoms with Gasteiger partial charge in [0.25, 0.3) is 5.91 Å². The molecule has 0 saturated carbocycles. The van der Waals surface area contributed by atoms with Crippen molar-refractivity contribution in [3.8, 4) is 0 Å². The molecule has 1 aromatic rings. The van der Waals surface area contributed by atoms with Crippen LogP contribution in [0.2, 0.25) is 0 Å². The fourth-order valence-electron chi connectivity index (χ4n) is 3.50. The molecule has 2 saturated heterocycles. The van der Waals surface area contributed by atoms with Crippen molar-refractivity contribution in [1.82, 2.24) is 9.80 Å². The zero-order valence-electron chi connectivity index (χ0n) is 14.4. The van der Waals surface area contributed by atoms with Gasteiger partial charge in [0.05, 0.1) is 0 Å². The zero-order valence-corrected chi connectivity index (χ0v) is 14.4. The third kappa shape index (κ3) is 3.23. The quantitative estimate of drug-likeness (QED) is 0.789. The van der Waals surface area contributed by atoms with E-state index in [2.05, 4.69) is 0 Å². The molecule has 4 amide bonds. The van der Waals surface area contributed by atoms with Gasteiger partial charge in [0.15, 0.2) is 0 Å². The third-order valence-electron chi connectivity index (χ3n) is 4.97. The molecule has 2 unspecified atom stereocenters. The van der Waals surface area contributed by atoms with Crippen LogP contribution >= 0.6 is 0 Å². The molecule has 2 fully saturated rings. The van der Waals surface area contributed by atoms with Crippen molar-refractivity contribution in [3.63, 3.8) is 0 Å². The fraction of sp³-hybridized carbons (Fsp3) is 0.500. The monoisotopic (exact) mass is 347 g/mol. The van der Waals surface area contributed by atoms with Gasteiger partial charge in [-0.05, 0) is 57.4 Å². The summed E-state index contributed by atoms with van der Waals surface area (Å²) in [5, 5.41) is 0. The minimum absolute atomic E-state index is 0.125. The van der Waals surface area contributed by atoms with E-state index in [-0.39, 0.29) is 18.5 Å². The predicted octanol–water partition coefficient (Wildman–Crippen LogP) is 2.38.